The Hall–Kier alpha value is -2.44. The molecule has 3 rings (SSSR count). The van der Waals surface area contributed by atoms with E-state index in [1.165, 1.54) is 11.9 Å². The van der Waals surface area contributed by atoms with E-state index >= 15 is 0 Å². The maximum Gasteiger partial charge on any atom is 0.221 e. The number of benzene rings is 1. The van der Waals surface area contributed by atoms with Gasteiger partial charge in [-0.15, -0.1) is 5.10 Å². The first-order chi connectivity index (χ1) is 10.3. The van der Waals surface area contributed by atoms with Crippen LogP contribution in [0.2, 0.25) is 0 Å². The van der Waals surface area contributed by atoms with Crippen molar-refractivity contribution >= 4 is 5.91 Å². The monoisotopic (exact) mass is 287 g/mol. The summed E-state index contributed by atoms with van der Waals surface area (Å²) in [6.45, 7) is 1.76. The third-order valence-electron chi connectivity index (χ3n) is 3.50. The fraction of sp³-hybridized carbons (Fsp3) is 0.429. The Morgan fingerprint density at radius 2 is 2.33 bits per heavy atom. The zero-order valence-corrected chi connectivity index (χ0v) is 11.6. The SMILES string of the molecule is O=C(CCn1cnnn1)NC[C@@H]1COc2ccccc2C1. The first kappa shape index (κ1) is 13.5. The van der Waals surface area contributed by atoms with E-state index in [-0.39, 0.29) is 5.91 Å². The number of aromatic nitrogens is 4. The molecule has 1 atom stereocenters. The van der Waals surface area contributed by atoms with Crippen LogP contribution in [-0.4, -0.2) is 39.3 Å². The molecule has 0 aliphatic carbocycles. The number of tetrazole rings is 1. The van der Waals surface area contributed by atoms with E-state index in [2.05, 4.69) is 26.9 Å². The van der Waals surface area contributed by atoms with E-state index in [1.54, 1.807) is 4.68 Å². The lowest BCUT2D eigenvalue weighted by Gasteiger charge is -2.25. The molecule has 2 aromatic rings. The molecule has 0 radical (unpaired) electrons. The molecule has 0 fully saturated rings. The van der Waals surface area contributed by atoms with Gasteiger partial charge >= 0.3 is 0 Å². The van der Waals surface area contributed by atoms with Crippen LogP contribution in [0.4, 0.5) is 0 Å². The molecule has 1 amide bonds. The number of rotatable bonds is 5. The highest BCUT2D eigenvalue weighted by molar-refractivity contribution is 5.75. The average molecular weight is 287 g/mol. The average Bonchev–Trinajstić information content (AvgIpc) is 3.04. The van der Waals surface area contributed by atoms with Crippen LogP contribution in [0.1, 0.15) is 12.0 Å². The zero-order chi connectivity index (χ0) is 14.5. The maximum absolute atomic E-state index is 11.8. The second-order valence-electron chi connectivity index (χ2n) is 5.12. The van der Waals surface area contributed by atoms with Gasteiger partial charge in [-0.1, -0.05) is 18.2 Å². The van der Waals surface area contributed by atoms with E-state index in [1.807, 2.05) is 18.2 Å². The van der Waals surface area contributed by atoms with Gasteiger partial charge in [0, 0.05) is 18.9 Å². The second-order valence-corrected chi connectivity index (χ2v) is 5.12. The minimum atomic E-state index is 0.00404. The number of carbonyl (C=O) groups is 1. The highest BCUT2D eigenvalue weighted by Gasteiger charge is 2.19. The molecular weight excluding hydrogens is 270 g/mol. The molecule has 0 spiro atoms. The topological polar surface area (TPSA) is 81.9 Å². The number of nitrogens with one attached hydrogen (secondary N) is 1. The number of aryl methyl sites for hydroxylation is 1. The molecule has 7 heteroatoms. The van der Waals surface area contributed by atoms with Crippen molar-refractivity contribution in [1.29, 1.82) is 0 Å². The Morgan fingerprint density at radius 3 is 3.19 bits per heavy atom. The van der Waals surface area contributed by atoms with E-state index in [0.29, 0.717) is 32.0 Å². The lowest BCUT2D eigenvalue weighted by molar-refractivity contribution is -0.121. The number of para-hydroxylation sites is 1. The second kappa shape index (κ2) is 6.34. The largest absolute Gasteiger partial charge is 0.493 e. The Labute approximate surface area is 122 Å². The van der Waals surface area contributed by atoms with Gasteiger partial charge in [0.05, 0.1) is 13.2 Å². The Bertz CT molecular complexity index is 599. The summed E-state index contributed by atoms with van der Waals surface area (Å²) in [5, 5.41) is 13.7. The summed E-state index contributed by atoms with van der Waals surface area (Å²) in [7, 11) is 0. The Balaban J connectivity index is 1.42. The summed E-state index contributed by atoms with van der Waals surface area (Å²) in [5.74, 6) is 1.28. The lowest BCUT2D eigenvalue weighted by Crippen LogP contribution is -2.35. The quantitative estimate of drug-likeness (QED) is 0.862. The summed E-state index contributed by atoms with van der Waals surface area (Å²) < 4.78 is 7.25. The van der Waals surface area contributed by atoms with Crippen molar-refractivity contribution in [2.24, 2.45) is 5.92 Å². The number of nitrogens with zero attached hydrogens (tertiary/aromatic N) is 4. The van der Waals surface area contributed by atoms with E-state index in [9.17, 15) is 4.79 Å². The Kier molecular flexibility index (Phi) is 4.09. The molecule has 0 saturated heterocycles. The van der Waals surface area contributed by atoms with Crippen molar-refractivity contribution in [3.63, 3.8) is 0 Å². The third-order valence-corrected chi connectivity index (χ3v) is 3.50. The van der Waals surface area contributed by atoms with Gasteiger partial charge < -0.3 is 10.1 Å². The molecule has 0 saturated carbocycles. The fourth-order valence-electron chi connectivity index (χ4n) is 2.37. The van der Waals surface area contributed by atoms with Crippen LogP contribution in [0.25, 0.3) is 0 Å². The number of hydrogen-bond acceptors (Lipinski definition) is 5. The molecule has 21 heavy (non-hydrogen) atoms. The number of hydrogen-bond donors (Lipinski definition) is 1. The van der Waals surface area contributed by atoms with Crippen molar-refractivity contribution in [1.82, 2.24) is 25.5 Å². The molecule has 1 aliphatic rings. The predicted octanol–water partition coefficient (Wildman–Crippen LogP) is 0.431. The van der Waals surface area contributed by atoms with Crippen LogP contribution in [0.5, 0.6) is 5.75 Å². The van der Waals surface area contributed by atoms with Crippen molar-refractivity contribution in [2.45, 2.75) is 19.4 Å². The maximum atomic E-state index is 11.8. The van der Waals surface area contributed by atoms with Gasteiger partial charge in [-0.3, -0.25) is 4.79 Å². The number of fused-ring (bicyclic) bond motifs is 1. The lowest BCUT2D eigenvalue weighted by atomic mass is 9.97. The van der Waals surface area contributed by atoms with Crippen LogP contribution < -0.4 is 10.1 Å². The standard InChI is InChI=1S/C14H17N5O2/c20-14(5-6-19-10-16-17-18-19)15-8-11-7-12-3-1-2-4-13(12)21-9-11/h1-4,10-11H,5-9H2,(H,15,20)/t11-/m1/s1. The van der Waals surface area contributed by atoms with Crippen LogP contribution in [-0.2, 0) is 17.8 Å². The summed E-state index contributed by atoms with van der Waals surface area (Å²) in [4.78, 5) is 11.8. The molecule has 1 aliphatic heterocycles. The minimum Gasteiger partial charge on any atom is -0.493 e. The highest BCUT2D eigenvalue weighted by atomic mass is 16.5. The highest BCUT2D eigenvalue weighted by Crippen LogP contribution is 2.26. The smallest absolute Gasteiger partial charge is 0.221 e. The van der Waals surface area contributed by atoms with Crippen LogP contribution in [0.15, 0.2) is 30.6 Å². The molecule has 7 nitrogen and oxygen atoms in total. The first-order valence-corrected chi connectivity index (χ1v) is 6.99. The molecule has 0 bridgehead atoms. The molecule has 110 valence electrons. The van der Waals surface area contributed by atoms with Crippen molar-refractivity contribution < 1.29 is 9.53 Å². The molecule has 2 heterocycles. The first-order valence-electron chi connectivity index (χ1n) is 6.99. The van der Waals surface area contributed by atoms with Gasteiger partial charge in [0.2, 0.25) is 5.91 Å². The van der Waals surface area contributed by atoms with Crippen LogP contribution in [0, 0.1) is 5.92 Å². The normalized spacial score (nSPS) is 16.9. The number of ether oxygens (including phenoxy) is 1. The van der Waals surface area contributed by atoms with Crippen molar-refractivity contribution in [2.75, 3.05) is 13.2 Å². The van der Waals surface area contributed by atoms with E-state index < -0.39 is 0 Å². The number of carbonyl (C=O) groups excluding carboxylic acids is 1. The summed E-state index contributed by atoms with van der Waals surface area (Å²) in [6, 6.07) is 8.03. The summed E-state index contributed by atoms with van der Waals surface area (Å²) >= 11 is 0. The molecule has 1 aromatic heterocycles. The van der Waals surface area contributed by atoms with E-state index in [4.69, 9.17) is 4.74 Å². The molecule has 0 unspecified atom stereocenters. The van der Waals surface area contributed by atoms with Gasteiger partial charge in [0.25, 0.3) is 0 Å². The molecular formula is C14H17N5O2. The van der Waals surface area contributed by atoms with Gasteiger partial charge in [-0.2, -0.15) is 0 Å². The minimum absolute atomic E-state index is 0.00404. The van der Waals surface area contributed by atoms with Crippen molar-refractivity contribution in [3.05, 3.63) is 36.2 Å². The molecule has 1 N–H and O–H groups in total. The Morgan fingerprint density at radius 1 is 1.43 bits per heavy atom. The van der Waals surface area contributed by atoms with Crippen LogP contribution in [0.3, 0.4) is 0 Å². The fourth-order valence-corrected chi connectivity index (χ4v) is 2.37. The van der Waals surface area contributed by atoms with Gasteiger partial charge in [-0.05, 0) is 28.5 Å². The third kappa shape index (κ3) is 3.56. The predicted molar refractivity (Wildman–Crippen MR) is 74.6 cm³/mol. The van der Waals surface area contributed by atoms with Crippen LogP contribution >= 0.6 is 0 Å². The van der Waals surface area contributed by atoms with E-state index in [0.717, 1.165) is 12.2 Å². The zero-order valence-electron chi connectivity index (χ0n) is 11.6. The summed E-state index contributed by atoms with van der Waals surface area (Å²) in [6.07, 6.45) is 2.80. The van der Waals surface area contributed by atoms with Gasteiger partial charge in [0.1, 0.15) is 12.1 Å². The van der Waals surface area contributed by atoms with Gasteiger partial charge in [-0.25, -0.2) is 4.68 Å². The number of amides is 1. The van der Waals surface area contributed by atoms with Gasteiger partial charge in [0.15, 0.2) is 0 Å². The molecule has 1 aromatic carbocycles. The summed E-state index contributed by atoms with van der Waals surface area (Å²) in [5.41, 5.74) is 1.21. The van der Waals surface area contributed by atoms with Crippen molar-refractivity contribution in [3.8, 4) is 5.75 Å².